The first kappa shape index (κ1) is 27.0. The van der Waals surface area contributed by atoms with Gasteiger partial charge in [0.25, 0.3) is 0 Å². The molecule has 4 amide bonds. The molecule has 0 bridgehead atoms. The Kier molecular flexibility index (Phi) is 13.1. The molecule has 166 valence electrons. The number of amides is 4. The third-order valence-electron chi connectivity index (χ3n) is 3.82. The molecule has 0 aromatic rings. The fourth-order valence-corrected chi connectivity index (χ4v) is 2.72. The smallest absolute Gasteiger partial charge is 0.326 e. The molecule has 0 radical (unpaired) electrons. The summed E-state index contributed by atoms with van der Waals surface area (Å²) >= 11 is 5.35. The van der Waals surface area contributed by atoms with Crippen molar-refractivity contribution in [1.29, 1.82) is 0 Å². The molecule has 8 N–H and O–H groups in total. The van der Waals surface area contributed by atoms with Crippen molar-refractivity contribution in [3.63, 3.8) is 0 Å². The highest BCUT2D eigenvalue weighted by Gasteiger charge is 2.28. The zero-order valence-electron chi connectivity index (χ0n) is 16.3. The van der Waals surface area contributed by atoms with Gasteiger partial charge in [-0.2, -0.15) is 24.4 Å². The summed E-state index contributed by atoms with van der Waals surface area (Å²) in [6.07, 6.45) is 1.66. The molecule has 13 heteroatoms. The van der Waals surface area contributed by atoms with Crippen molar-refractivity contribution in [2.24, 2.45) is 11.5 Å². The van der Waals surface area contributed by atoms with Gasteiger partial charge in [0, 0.05) is 12.2 Å². The molecule has 0 aromatic carbocycles. The fourth-order valence-electron chi connectivity index (χ4n) is 2.09. The Hall–Kier alpha value is -1.99. The SMILES string of the molecule is CSCCC(NC(=O)C(C)NC(=O)C(N)CS)C(=O)NC(CCC(N)=O)C(=O)O. The Morgan fingerprint density at radius 1 is 1.00 bits per heavy atom. The van der Waals surface area contributed by atoms with Crippen LogP contribution in [0.15, 0.2) is 0 Å². The Labute approximate surface area is 178 Å². The lowest BCUT2D eigenvalue weighted by atomic mass is 10.1. The third-order valence-corrected chi connectivity index (χ3v) is 4.86. The minimum atomic E-state index is -1.32. The second-order valence-electron chi connectivity index (χ2n) is 6.27. The van der Waals surface area contributed by atoms with Crippen molar-refractivity contribution in [1.82, 2.24) is 16.0 Å². The van der Waals surface area contributed by atoms with E-state index in [0.717, 1.165) is 0 Å². The minimum Gasteiger partial charge on any atom is -0.480 e. The molecule has 4 atom stereocenters. The number of hydrogen-bond donors (Lipinski definition) is 7. The fraction of sp³-hybridized carbons (Fsp3) is 0.688. The van der Waals surface area contributed by atoms with Crippen LogP contribution >= 0.6 is 24.4 Å². The number of carbonyl (C=O) groups is 5. The summed E-state index contributed by atoms with van der Waals surface area (Å²) in [5.41, 5.74) is 10.6. The average Bonchev–Trinajstić information content (AvgIpc) is 2.66. The molecule has 0 saturated heterocycles. The van der Waals surface area contributed by atoms with Crippen LogP contribution in [0.4, 0.5) is 0 Å². The maximum absolute atomic E-state index is 12.5. The summed E-state index contributed by atoms with van der Waals surface area (Å²) in [4.78, 5) is 58.8. The molecule has 0 aromatic heterocycles. The van der Waals surface area contributed by atoms with Crippen LogP contribution in [0.5, 0.6) is 0 Å². The van der Waals surface area contributed by atoms with Crippen molar-refractivity contribution < 1.29 is 29.1 Å². The van der Waals surface area contributed by atoms with Crippen molar-refractivity contribution >= 4 is 54.0 Å². The van der Waals surface area contributed by atoms with E-state index in [1.165, 1.54) is 18.7 Å². The molecule has 0 aliphatic carbocycles. The molecule has 11 nitrogen and oxygen atoms in total. The van der Waals surface area contributed by atoms with Crippen LogP contribution in [0.3, 0.4) is 0 Å². The number of hydrogen-bond acceptors (Lipinski definition) is 8. The Morgan fingerprint density at radius 2 is 1.59 bits per heavy atom. The van der Waals surface area contributed by atoms with Crippen LogP contribution in [0.25, 0.3) is 0 Å². The largest absolute Gasteiger partial charge is 0.480 e. The van der Waals surface area contributed by atoms with Gasteiger partial charge in [0.1, 0.15) is 18.1 Å². The number of rotatable bonds is 14. The van der Waals surface area contributed by atoms with Gasteiger partial charge in [-0.25, -0.2) is 4.79 Å². The number of thioether (sulfide) groups is 1. The lowest BCUT2D eigenvalue weighted by molar-refractivity contribution is -0.142. The van der Waals surface area contributed by atoms with Gasteiger partial charge in [-0.15, -0.1) is 0 Å². The van der Waals surface area contributed by atoms with E-state index in [4.69, 9.17) is 11.5 Å². The molecule has 0 aliphatic rings. The van der Waals surface area contributed by atoms with E-state index in [0.29, 0.717) is 5.75 Å². The first-order chi connectivity index (χ1) is 13.5. The lowest BCUT2D eigenvalue weighted by Gasteiger charge is -2.23. The zero-order chi connectivity index (χ0) is 22.6. The first-order valence-electron chi connectivity index (χ1n) is 8.81. The number of nitrogens with one attached hydrogen (secondary N) is 3. The maximum atomic E-state index is 12.5. The summed E-state index contributed by atoms with van der Waals surface area (Å²) in [5.74, 6) is -3.31. The molecule has 0 spiro atoms. The molecule has 0 saturated carbocycles. The van der Waals surface area contributed by atoms with Gasteiger partial charge in [-0.1, -0.05) is 0 Å². The lowest BCUT2D eigenvalue weighted by Crippen LogP contribution is -2.56. The third kappa shape index (κ3) is 10.9. The predicted octanol–water partition coefficient (Wildman–Crippen LogP) is -2.18. The van der Waals surface area contributed by atoms with E-state index in [9.17, 15) is 29.1 Å². The molecule has 4 unspecified atom stereocenters. The van der Waals surface area contributed by atoms with Gasteiger partial charge in [0.05, 0.1) is 6.04 Å². The molecule has 0 fully saturated rings. The van der Waals surface area contributed by atoms with Crippen molar-refractivity contribution in [3.8, 4) is 0 Å². The van der Waals surface area contributed by atoms with Crippen molar-refractivity contribution in [3.05, 3.63) is 0 Å². The van der Waals surface area contributed by atoms with E-state index < -0.39 is 53.8 Å². The monoisotopic (exact) mass is 451 g/mol. The van der Waals surface area contributed by atoms with Crippen LogP contribution in [0, 0.1) is 0 Å². The van der Waals surface area contributed by atoms with E-state index in [2.05, 4.69) is 28.6 Å². The van der Waals surface area contributed by atoms with Gasteiger partial charge in [0.15, 0.2) is 0 Å². The number of thiol groups is 1. The van der Waals surface area contributed by atoms with Gasteiger partial charge in [-0.3, -0.25) is 19.2 Å². The predicted molar refractivity (Wildman–Crippen MR) is 112 cm³/mol. The van der Waals surface area contributed by atoms with E-state index in [1.807, 2.05) is 6.26 Å². The minimum absolute atomic E-state index is 0.0980. The number of nitrogens with two attached hydrogens (primary N) is 2. The number of aliphatic carboxylic acids is 1. The maximum Gasteiger partial charge on any atom is 0.326 e. The van der Waals surface area contributed by atoms with Crippen LogP contribution in [-0.4, -0.2) is 76.6 Å². The Bertz CT molecular complexity index is 606. The second kappa shape index (κ2) is 14.1. The molecule has 29 heavy (non-hydrogen) atoms. The van der Waals surface area contributed by atoms with Gasteiger partial charge >= 0.3 is 5.97 Å². The van der Waals surface area contributed by atoms with Crippen LogP contribution < -0.4 is 27.4 Å². The van der Waals surface area contributed by atoms with E-state index in [1.54, 1.807) is 0 Å². The van der Waals surface area contributed by atoms with Crippen LogP contribution in [-0.2, 0) is 24.0 Å². The Balaban J connectivity index is 5.05. The molecule has 0 heterocycles. The summed E-state index contributed by atoms with van der Waals surface area (Å²) in [7, 11) is 0. The molecule has 0 aliphatic heterocycles. The van der Waals surface area contributed by atoms with E-state index >= 15 is 0 Å². The summed E-state index contributed by atoms with van der Waals surface area (Å²) in [5, 5.41) is 16.4. The standard InChI is InChI=1S/C16H29N5O6S2/c1-8(19-14(24)9(17)7-28)13(23)20-10(5-6-29-2)15(25)21-11(16(26)27)3-4-12(18)22/h8-11,28H,3-7,17H2,1-2H3,(H2,18,22)(H,19,24)(H,20,23)(H,21,25)(H,26,27). The second-order valence-corrected chi connectivity index (χ2v) is 7.62. The normalized spacial score (nSPS) is 14.8. The number of carbonyl (C=O) groups excluding carboxylic acids is 4. The molecular formula is C16H29N5O6S2. The van der Waals surface area contributed by atoms with Gasteiger partial charge in [0.2, 0.25) is 23.6 Å². The van der Waals surface area contributed by atoms with Gasteiger partial charge in [-0.05, 0) is 31.8 Å². The van der Waals surface area contributed by atoms with Crippen LogP contribution in [0.2, 0.25) is 0 Å². The zero-order valence-corrected chi connectivity index (χ0v) is 18.1. The summed E-state index contributed by atoms with van der Waals surface area (Å²) in [6.45, 7) is 1.43. The van der Waals surface area contributed by atoms with Crippen molar-refractivity contribution in [2.75, 3.05) is 17.8 Å². The topological polar surface area (TPSA) is 194 Å². The summed E-state index contributed by atoms with van der Waals surface area (Å²) in [6, 6.07) is -4.20. The quantitative estimate of drug-likeness (QED) is 0.145. The Morgan fingerprint density at radius 3 is 2.07 bits per heavy atom. The highest BCUT2D eigenvalue weighted by atomic mass is 32.2. The summed E-state index contributed by atoms with van der Waals surface area (Å²) < 4.78 is 0. The highest BCUT2D eigenvalue weighted by Crippen LogP contribution is 2.04. The van der Waals surface area contributed by atoms with Gasteiger partial charge < -0.3 is 32.5 Å². The number of primary amides is 1. The molecular weight excluding hydrogens is 422 g/mol. The molecule has 0 rings (SSSR count). The number of carboxylic acids is 1. The van der Waals surface area contributed by atoms with E-state index in [-0.39, 0.29) is 25.0 Å². The first-order valence-corrected chi connectivity index (χ1v) is 10.8. The number of carboxylic acid groups (broad SMARTS) is 1. The van der Waals surface area contributed by atoms with Crippen molar-refractivity contribution in [2.45, 2.75) is 50.4 Å². The van der Waals surface area contributed by atoms with Crippen LogP contribution in [0.1, 0.15) is 26.2 Å². The average molecular weight is 452 g/mol. The highest BCUT2D eigenvalue weighted by molar-refractivity contribution is 7.98.